The minimum atomic E-state index is 0.0997. The average molecular weight is 482 g/mol. The minimum Gasteiger partial charge on any atom is -0.441 e. The van der Waals surface area contributed by atoms with E-state index >= 15 is 0 Å². The Kier molecular flexibility index (Phi) is 7.20. The molecule has 1 aliphatic rings. The van der Waals surface area contributed by atoms with Gasteiger partial charge in [-0.2, -0.15) is 0 Å². The van der Waals surface area contributed by atoms with Gasteiger partial charge in [-0.25, -0.2) is 4.98 Å². The van der Waals surface area contributed by atoms with E-state index in [1.54, 1.807) is 0 Å². The predicted octanol–water partition coefficient (Wildman–Crippen LogP) is 4.98. The van der Waals surface area contributed by atoms with Crippen molar-refractivity contribution in [3.63, 3.8) is 0 Å². The fourth-order valence-electron chi connectivity index (χ4n) is 4.00. The number of nitrogens with zero attached hydrogens (tertiary/aromatic N) is 2. The second kappa shape index (κ2) is 10.2. The van der Waals surface area contributed by atoms with Gasteiger partial charge in [-0.15, -0.1) is 0 Å². The van der Waals surface area contributed by atoms with Crippen molar-refractivity contribution in [2.24, 2.45) is 5.92 Å². The van der Waals surface area contributed by atoms with Crippen LogP contribution in [0.15, 0.2) is 63.5 Å². The highest BCUT2D eigenvalue weighted by molar-refractivity contribution is 9.10. The number of carbonyl (C=O) groups is 1. The standard InChI is InChI=1S/C25H28BrN3O2/c1-18-23(28-25(31-18)21-8-5-9-22(26)16-21)17-29-14-11-20(12-15-29)24(30)27-13-10-19-6-3-2-4-7-19/h2-9,16,20H,10-15,17H2,1H3,(H,27,30). The number of piperidine rings is 1. The van der Waals surface area contributed by atoms with Crippen molar-refractivity contribution in [2.75, 3.05) is 19.6 Å². The summed E-state index contributed by atoms with van der Waals surface area (Å²) in [5.41, 5.74) is 3.19. The van der Waals surface area contributed by atoms with E-state index < -0.39 is 0 Å². The Morgan fingerprint density at radius 2 is 1.94 bits per heavy atom. The van der Waals surface area contributed by atoms with Crippen LogP contribution < -0.4 is 5.32 Å². The van der Waals surface area contributed by atoms with Crippen molar-refractivity contribution in [3.05, 3.63) is 76.1 Å². The summed E-state index contributed by atoms with van der Waals surface area (Å²) < 4.78 is 6.92. The normalized spacial score (nSPS) is 15.2. The number of nitrogens with one attached hydrogen (secondary N) is 1. The summed E-state index contributed by atoms with van der Waals surface area (Å²) in [6.45, 7) is 5.21. The predicted molar refractivity (Wildman–Crippen MR) is 126 cm³/mol. The van der Waals surface area contributed by atoms with Crippen LogP contribution in [0.4, 0.5) is 0 Å². The van der Waals surface area contributed by atoms with Gasteiger partial charge in [0.25, 0.3) is 0 Å². The van der Waals surface area contributed by atoms with Crippen LogP contribution in [0.25, 0.3) is 11.5 Å². The van der Waals surface area contributed by atoms with E-state index in [0.717, 1.165) is 60.4 Å². The van der Waals surface area contributed by atoms with Gasteiger partial charge in [-0.05, 0) is 63.0 Å². The number of carbonyl (C=O) groups excluding carboxylic acids is 1. The van der Waals surface area contributed by atoms with Gasteiger partial charge in [0.1, 0.15) is 5.76 Å². The molecule has 1 aromatic heterocycles. The van der Waals surface area contributed by atoms with Crippen molar-refractivity contribution in [1.82, 2.24) is 15.2 Å². The van der Waals surface area contributed by atoms with E-state index in [-0.39, 0.29) is 11.8 Å². The molecule has 6 heteroatoms. The fourth-order valence-corrected chi connectivity index (χ4v) is 4.40. The Bertz CT molecular complexity index is 1010. The third-order valence-electron chi connectivity index (χ3n) is 5.85. The molecule has 162 valence electrons. The lowest BCUT2D eigenvalue weighted by molar-refractivity contribution is -0.126. The summed E-state index contributed by atoms with van der Waals surface area (Å²) in [5.74, 6) is 1.80. The molecule has 3 aromatic rings. The van der Waals surface area contributed by atoms with Crippen LogP contribution >= 0.6 is 15.9 Å². The van der Waals surface area contributed by atoms with Crippen LogP contribution in [0.2, 0.25) is 0 Å². The monoisotopic (exact) mass is 481 g/mol. The molecule has 0 bridgehead atoms. The molecule has 5 nitrogen and oxygen atoms in total. The quantitative estimate of drug-likeness (QED) is 0.516. The molecule has 4 rings (SSSR count). The molecule has 1 N–H and O–H groups in total. The molecule has 1 aliphatic heterocycles. The van der Waals surface area contributed by atoms with Gasteiger partial charge in [0, 0.05) is 29.0 Å². The van der Waals surface area contributed by atoms with Crippen LogP contribution in [-0.4, -0.2) is 35.4 Å². The molecule has 1 fully saturated rings. The maximum Gasteiger partial charge on any atom is 0.226 e. The van der Waals surface area contributed by atoms with E-state index in [0.29, 0.717) is 12.4 Å². The number of rotatable bonds is 7. The molecule has 2 aromatic carbocycles. The zero-order chi connectivity index (χ0) is 21.6. The lowest BCUT2D eigenvalue weighted by Crippen LogP contribution is -2.40. The van der Waals surface area contributed by atoms with Gasteiger partial charge >= 0.3 is 0 Å². The minimum absolute atomic E-state index is 0.0997. The lowest BCUT2D eigenvalue weighted by Gasteiger charge is -2.30. The first-order valence-corrected chi connectivity index (χ1v) is 11.6. The molecule has 31 heavy (non-hydrogen) atoms. The lowest BCUT2D eigenvalue weighted by atomic mass is 9.95. The van der Waals surface area contributed by atoms with E-state index in [9.17, 15) is 4.79 Å². The summed E-state index contributed by atoms with van der Waals surface area (Å²) in [6.07, 6.45) is 2.64. The number of hydrogen-bond acceptors (Lipinski definition) is 4. The van der Waals surface area contributed by atoms with Crippen LogP contribution in [0, 0.1) is 12.8 Å². The largest absolute Gasteiger partial charge is 0.441 e. The molecular formula is C25H28BrN3O2. The zero-order valence-corrected chi connectivity index (χ0v) is 19.4. The van der Waals surface area contributed by atoms with Crippen LogP contribution in [-0.2, 0) is 17.8 Å². The second-order valence-electron chi connectivity index (χ2n) is 8.11. The maximum atomic E-state index is 12.5. The molecule has 0 saturated carbocycles. The number of amides is 1. The van der Waals surface area contributed by atoms with Crippen LogP contribution in [0.3, 0.4) is 0 Å². The highest BCUT2D eigenvalue weighted by Crippen LogP contribution is 2.26. The van der Waals surface area contributed by atoms with E-state index in [1.165, 1.54) is 5.56 Å². The molecule has 2 heterocycles. The number of oxazole rings is 1. The van der Waals surface area contributed by atoms with Crippen molar-refractivity contribution in [2.45, 2.75) is 32.7 Å². The molecule has 1 saturated heterocycles. The first-order chi connectivity index (χ1) is 15.1. The molecular weight excluding hydrogens is 454 g/mol. The van der Waals surface area contributed by atoms with Crippen LogP contribution in [0.1, 0.15) is 29.9 Å². The van der Waals surface area contributed by atoms with Crippen molar-refractivity contribution in [1.29, 1.82) is 0 Å². The first kappa shape index (κ1) is 21.8. The smallest absolute Gasteiger partial charge is 0.226 e. The Morgan fingerprint density at radius 3 is 2.68 bits per heavy atom. The Morgan fingerprint density at radius 1 is 1.16 bits per heavy atom. The number of aromatic nitrogens is 1. The fraction of sp³-hybridized carbons (Fsp3) is 0.360. The van der Waals surface area contributed by atoms with Gasteiger partial charge in [0.2, 0.25) is 11.8 Å². The zero-order valence-electron chi connectivity index (χ0n) is 17.8. The second-order valence-corrected chi connectivity index (χ2v) is 9.02. The molecule has 1 amide bonds. The number of aryl methyl sites for hydroxylation is 1. The number of hydrogen-bond donors (Lipinski definition) is 1. The molecule has 0 spiro atoms. The van der Waals surface area contributed by atoms with Crippen molar-refractivity contribution in [3.8, 4) is 11.5 Å². The first-order valence-electron chi connectivity index (χ1n) is 10.8. The van der Waals surface area contributed by atoms with Crippen molar-refractivity contribution < 1.29 is 9.21 Å². The number of benzene rings is 2. The SMILES string of the molecule is Cc1oc(-c2cccc(Br)c2)nc1CN1CCC(C(=O)NCCc2ccccc2)CC1. The third kappa shape index (κ3) is 5.83. The molecule has 0 unspecified atom stereocenters. The van der Waals surface area contributed by atoms with Gasteiger partial charge < -0.3 is 9.73 Å². The summed E-state index contributed by atoms with van der Waals surface area (Å²) in [6, 6.07) is 18.3. The van der Waals surface area contributed by atoms with Crippen molar-refractivity contribution >= 4 is 21.8 Å². The van der Waals surface area contributed by atoms with Gasteiger partial charge in [-0.1, -0.05) is 52.3 Å². The maximum absolute atomic E-state index is 12.5. The topological polar surface area (TPSA) is 58.4 Å². The van der Waals surface area contributed by atoms with Gasteiger partial charge in [0.05, 0.1) is 5.69 Å². The summed E-state index contributed by atoms with van der Waals surface area (Å²) >= 11 is 3.50. The summed E-state index contributed by atoms with van der Waals surface area (Å²) in [4.78, 5) is 19.6. The van der Waals surface area contributed by atoms with Gasteiger partial charge in [0.15, 0.2) is 0 Å². The Labute approximate surface area is 192 Å². The molecule has 0 radical (unpaired) electrons. The third-order valence-corrected chi connectivity index (χ3v) is 6.34. The molecule has 0 atom stereocenters. The van der Waals surface area contributed by atoms with Crippen LogP contribution in [0.5, 0.6) is 0 Å². The Hall–Kier alpha value is -2.44. The average Bonchev–Trinajstić information content (AvgIpc) is 3.15. The van der Waals surface area contributed by atoms with Gasteiger partial charge in [-0.3, -0.25) is 9.69 Å². The van der Waals surface area contributed by atoms with E-state index in [4.69, 9.17) is 9.40 Å². The number of halogens is 1. The number of likely N-dealkylation sites (tertiary alicyclic amines) is 1. The Balaban J connectivity index is 1.25. The van der Waals surface area contributed by atoms with E-state index in [1.807, 2.05) is 49.4 Å². The highest BCUT2D eigenvalue weighted by atomic mass is 79.9. The van der Waals surface area contributed by atoms with E-state index in [2.05, 4.69) is 38.3 Å². The summed E-state index contributed by atoms with van der Waals surface area (Å²) in [7, 11) is 0. The highest BCUT2D eigenvalue weighted by Gasteiger charge is 2.26. The molecule has 0 aliphatic carbocycles. The summed E-state index contributed by atoms with van der Waals surface area (Å²) in [5, 5.41) is 3.11.